The Morgan fingerprint density at radius 1 is 1.45 bits per heavy atom. The lowest BCUT2D eigenvalue weighted by Gasteiger charge is -2.37. The number of halogens is 2. The summed E-state index contributed by atoms with van der Waals surface area (Å²) in [5.41, 5.74) is 0.729. The third kappa shape index (κ3) is 4.16. The molecule has 1 amide bonds. The molecule has 0 radical (unpaired) electrons. The minimum absolute atomic E-state index is 0.00248. The van der Waals surface area contributed by atoms with E-state index in [1.54, 1.807) is 0 Å². The van der Waals surface area contributed by atoms with Crippen LogP contribution in [0, 0.1) is 3.57 Å². The number of carbonyl (C=O) groups is 1. The molecule has 1 aromatic rings. The van der Waals surface area contributed by atoms with E-state index in [-0.39, 0.29) is 5.91 Å². The van der Waals surface area contributed by atoms with Crippen LogP contribution in [-0.4, -0.2) is 62.0 Å². The summed E-state index contributed by atoms with van der Waals surface area (Å²) in [5, 5.41) is 3.05. The molecule has 0 aromatic heterocycles. The van der Waals surface area contributed by atoms with Crippen LogP contribution >= 0.6 is 38.5 Å². The molecule has 4 nitrogen and oxygen atoms in total. The van der Waals surface area contributed by atoms with Gasteiger partial charge in [0.05, 0.1) is 5.56 Å². The Morgan fingerprint density at radius 2 is 2.20 bits per heavy atom. The van der Waals surface area contributed by atoms with Crippen molar-refractivity contribution < 1.29 is 4.79 Å². The molecule has 1 aliphatic rings. The van der Waals surface area contributed by atoms with Gasteiger partial charge in [0.1, 0.15) is 0 Å². The maximum absolute atomic E-state index is 12.3. The number of amides is 1. The van der Waals surface area contributed by atoms with Crippen molar-refractivity contribution >= 4 is 44.4 Å². The molecule has 1 saturated heterocycles. The molecular weight excluding hydrogens is 433 g/mol. The van der Waals surface area contributed by atoms with Crippen molar-refractivity contribution in [3.63, 3.8) is 0 Å². The first-order valence-corrected chi connectivity index (χ1v) is 8.46. The molecule has 1 aromatic carbocycles. The van der Waals surface area contributed by atoms with Crippen molar-refractivity contribution in [3.8, 4) is 0 Å². The zero-order valence-electron chi connectivity index (χ0n) is 11.7. The Kier molecular flexibility index (Phi) is 5.83. The van der Waals surface area contributed by atoms with Crippen molar-refractivity contribution in [3.05, 3.63) is 31.8 Å². The summed E-state index contributed by atoms with van der Waals surface area (Å²) in [6.07, 6.45) is 0. The summed E-state index contributed by atoms with van der Waals surface area (Å²) in [5.74, 6) is -0.00248. The number of rotatable bonds is 3. The Balaban J connectivity index is 1.96. The lowest BCUT2D eigenvalue weighted by atomic mass is 10.1. The topological polar surface area (TPSA) is 35.6 Å². The van der Waals surface area contributed by atoms with Crippen LogP contribution in [0.4, 0.5) is 0 Å². The number of piperazine rings is 1. The van der Waals surface area contributed by atoms with Gasteiger partial charge in [0.2, 0.25) is 0 Å². The minimum atomic E-state index is -0.00248. The third-order valence-corrected chi connectivity index (χ3v) is 5.09. The lowest BCUT2D eigenvalue weighted by molar-refractivity contribution is 0.0880. The standard InChI is InChI=1S/C14H19BrIN3O/c1-18-5-6-19(2)11(9-18)8-17-14(20)12-7-10(15)3-4-13(12)16/h3-4,7,11H,5-6,8-9H2,1-2H3,(H,17,20). The van der Waals surface area contributed by atoms with E-state index in [2.05, 4.69) is 67.7 Å². The second-order valence-electron chi connectivity index (χ2n) is 5.23. The Hall–Kier alpha value is -0.180. The van der Waals surface area contributed by atoms with Gasteiger partial charge in [0.25, 0.3) is 5.91 Å². The largest absolute Gasteiger partial charge is 0.350 e. The summed E-state index contributed by atoms with van der Waals surface area (Å²) in [6, 6.07) is 6.14. The predicted molar refractivity (Wildman–Crippen MR) is 93.1 cm³/mol. The molecule has 1 unspecified atom stereocenters. The lowest BCUT2D eigenvalue weighted by Crippen LogP contribution is -2.54. The summed E-state index contributed by atoms with van der Waals surface area (Å²) < 4.78 is 1.90. The predicted octanol–water partition coefficient (Wildman–Crippen LogP) is 2.03. The molecule has 2 rings (SSSR count). The molecule has 110 valence electrons. The normalized spacial score (nSPS) is 20.9. The van der Waals surface area contributed by atoms with Gasteiger partial charge >= 0.3 is 0 Å². The maximum Gasteiger partial charge on any atom is 0.252 e. The van der Waals surface area contributed by atoms with Crippen LogP contribution < -0.4 is 5.32 Å². The van der Waals surface area contributed by atoms with Gasteiger partial charge in [-0.25, -0.2) is 0 Å². The fourth-order valence-electron chi connectivity index (χ4n) is 2.30. The van der Waals surface area contributed by atoms with E-state index in [4.69, 9.17) is 0 Å². The molecule has 1 fully saturated rings. The Labute approximate surface area is 142 Å². The van der Waals surface area contributed by atoms with Crippen molar-refractivity contribution in [1.29, 1.82) is 0 Å². The molecular formula is C14H19BrIN3O. The van der Waals surface area contributed by atoms with Gasteiger partial charge in [-0.3, -0.25) is 9.69 Å². The van der Waals surface area contributed by atoms with Crippen molar-refractivity contribution in [2.75, 3.05) is 40.3 Å². The minimum Gasteiger partial charge on any atom is -0.350 e. The summed E-state index contributed by atoms with van der Waals surface area (Å²) >= 11 is 5.60. The summed E-state index contributed by atoms with van der Waals surface area (Å²) in [6.45, 7) is 3.81. The van der Waals surface area contributed by atoms with E-state index in [1.807, 2.05) is 18.2 Å². The van der Waals surface area contributed by atoms with Crippen LogP contribution in [0.3, 0.4) is 0 Å². The van der Waals surface area contributed by atoms with Crippen LogP contribution in [-0.2, 0) is 0 Å². The highest BCUT2D eigenvalue weighted by Gasteiger charge is 2.22. The van der Waals surface area contributed by atoms with Gasteiger partial charge in [-0.1, -0.05) is 15.9 Å². The zero-order chi connectivity index (χ0) is 14.7. The van der Waals surface area contributed by atoms with Gasteiger partial charge in [-0.15, -0.1) is 0 Å². The number of nitrogens with zero attached hydrogens (tertiary/aromatic N) is 2. The van der Waals surface area contributed by atoms with Crippen LogP contribution in [0.1, 0.15) is 10.4 Å². The molecule has 0 bridgehead atoms. The molecule has 1 heterocycles. The smallest absolute Gasteiger partial charge is 0.252 e. The molecule has 0 spiro atoms. The highest BCUT2D eigenvalue weighted by atomic mass is 127. The number of hydrogen-bond donors (Lipinski definition) is 1. The molecule has 0 saturated carbocycles. The van der Waals surface area contributed by atoms with Crippen molar-refractivity contribution in [2.24, 2.45) is 0 Å². The van der Waals surface area contributed by atoms with Crippen LogP contribution in [0.2, 0.25) is 0 Å². The maximum atomic E-state index is 12.3. The average molecular weight is 452 g/mol. The van der Waals surface area contributed by atoms with Gasteiger partial charge in [0.15, 0.2) is 0 Å². The first kappa shape index (κ1) is 16.2. The fourth-order valence-corrected chi connectivity index (χ4v) is 3.24. The number of nitrogens with one attached hydrogen (secondary N) is 1. The Morgan fingerprint density at radius 3 is 2.95 bits per heavy atom. The van der Waals surface area contributed by atoms with Gasteiger partial charge < -0.3 is 10.2 Å². The number of benzene rings is 1. The monoisotopic (exact) mass is 451 g/mol. The molecule has 1 aliphatic heterocycles. The SMILES string of the molecule is CN1CCN(C)C(CNC(=O)c2cc(Br)ccc2I)C1. The van der Waals surface area contributed by atoms with Crippen LogP contribution in [0.25, 0.3) is 0 Å². The second kappa shape index (κ2) is 7.20. The second-order valence-corrected chi connectivity index (χ2v) is 7.31. The fraction of sp³-hybridized carbons (Fsp3) is 0.500. The average Bonchev–Trinajstić information content (AvgIpc) is 2.42. The zero-order valence-corrected chi connectivity index (χ0v) is 15.4. The van der Waals surface area contributed by atoms with E-state index in [1.165, 1.54) is 0 Å². The summed E-state index contributed by atoms with van der Waals surface area (Å²) in [7, 11) is 4.24. The van der Waals surface area contributed by atoms with Crippen molar-refractivity contribution in [2.45, 2.75) is 6.04 Å². The highest BCUT2D eigenvalue weighted by molar-refractivity contribution is 14.1. The van der Waals surface area contributed by atoms with Gasteiger partial charge in [-0.2, -0.15) is 0 Å². The quantitative estimate of drug-likeness (QED) is 0.714. The number of hydrogen-bond acceptors (Lipinski definition) is 3. The first-order valence-electron chi connectivity index (χ1n) is 6.59. The molecule has 1 N–H and O–H groups in total. The first-order chi connectivity index (χ1) is 9.47. The Bertz CT molecular complexity index is 497. The van der Waals surface area contributed by atoms with Crippen LogP contribution in [0.15, 0.2) is 22.7 Å². The number of carbonyl (C=O) groups excluding carboxylic acids is 1. The van der Waals surface area contributed by atoms with Gasteiger partial charge in [0, 0.05) is 40.3 Å². The van der Waals surface area contributed by atoms with E-state index >= 15 is 0 Å². The molecule has 20 heavy (non-hydrogen) atoms. The molecule has 6 heteroatoms. The highest BCUT2D eigenvalue weighted by Crippen LogP contribution is 2.18. The van der Waals surface area contributed by atoms with E-state index in [0.717, 1.165) is 33.2 Å². The van der Waals surface area contributed by atoms with Gasteiger partial charge in [-0.05, 0) is 54.9 Å². The number of likely N-dealkylation sites (N-methyl/N-ethyl adjacent to an activating group) is 2. The van der Waals surface area contributed by atoms with E-state index < -0.39 is 0 Å². The van der Waals surface area contributed by atoms with E-state index in [9.17, 15) is 4.79 Å². The van der Waals surface area contributed by atoms with E-state index in [0.29, 0.717) is 12.6 Å². The third-order valence-electron chi connectivity index (χ3n) is 3.65. The van der Waals surface area contributed by atoms with Crippen molar-refractivity contribution in [1.82, 2.24) is 15.1 Å². The molecule has 0 aliphatic carbocycles. The molecule has 1 atom stereocenters. The van der Waals surface area contributed by atoms with Crippen LogP contribution in [0.5, 0.6) is 0 Å². The summed E-state index contributed by atoms with van der Waals surface area (Å²) in [4.78, 5) is 16.9.